The second-order valence-corrected chi connectivity index (χ2v) is 4.32. The van der Waals surface area contributed by atoms with Crippen LogP contribution in [0.5, 0.6) is 5.75 Å². The molecule has 0 heterocycles. The molecule has 1 aromatic rings. The molecule has 0 aliphatic rings. The molecule has 0 radical (unpaired) electrons. The highest BCUT2D eigenvalue weighted by atomic mass is 79.9. The largest absolute Gasteiger partial charge is 0.489 e. The fraction of sp³-hybridized carbons (Fsp3) is 0.273. The second-order valence-electron chi connectivity index (χ2n) is 3.47. The first-order valence-corrected chi connectivity index (χ1v) is 5.43. The fourth-order valence-corrected chi connectivity index (χ4v) is 1.77. The highest BCUT2D eigenvalue weighted by Crippen LogP contribution is 2.31. The maximum atomic E-state index is 11.0. The number of hydrogen-bond acceptors (Lipinski definition) is 3. The number of carboxylic acid groups (broad SMARTS) is 1. The number of aldehydes is 1. The Labute approximate surface area is 101 Å². The molecular weight excluding hydrogens is 276 g/mol. The molecule has 4 nitrogen and oxygen atoms in total. The van der Waals surface area contributed by atoms with E-state index in [1.54, 1.807) is 13.8 Å². The molecular formula is C11H11BrO4. The molecule has 0 aliphatic heterocycles. The van der Waals surface area contributed by atoms with Crippen molar-refractivity contribution in [2.24, 2.45) is 0 Å². The summed E-state index contributed by atoms with van der Waals surface area (Å²) in [4.78, 5) is 21.6. The molecule has 1 rings (SSSR count). The summed E-state index contributed by atoms with van der Waals surface area (Å²) in [6.07, 6.45) is 0.451. The molecule has 86 valence electrons. The molecule has 0 amide bonds. The predicted molar refractivity (Wildman–Crippen MR) is 62.3 cm³/mol. The topological polar surface area (TPSA) is 63.6 Å². The molecule has 0 aliphatic carbocycles. The highest BCUT2D eigenvalue weighted by molar-refractivity contribution is 9.10. The van der Waals surface area contributed by atoms with Crippen molar-refractivity contribution in [3.05, 3.63) is 27.7 Å². The second kappa shape index (κ2) is 5.12. The van der Waals surface area contributed by atoms with E-state index in [-0.39, 0.29) is 17.4 Å². The highest BCUT2D eigenvalue weighted by Gasteiger charge is 2.17. The average Bonchev–Trinajstić information content (AvgIpc) is 2.19. The number of carbonyl (C=O) groups excluding carboxylic acids is 1. The zero-order chi connectivity index (χ0) is 12.3. The van der Waals surface area contributed by atoms with E-state index in [2.05, 4.69) is 15.9 Å². The van der Waals surface area contributed by atoms with Crippen LogP contribution >= 0.6 is 15.9 Å². The molecule has 5 heteroatoms. The summed E-state index contributed by atoms with van der Waals surface area (Å²) >= 11 is 3.19. The zero-order valence-electron chi connectivity index (χ0n) is 8.86. The summed E-state index contributed by atoms with van der Waals surface area (Å²) in [6.45, 7) is 3.59. The lowest BCUT2D eigenvalue weighted by Crippen LogP contribution is -2.11. The number of hydrogen-bond donors (Lipinski definition) is 1. The van der Waals surface area contributed by atoms with Crippen LogP contribution < -0.4 is 4.74 Å². The van der Waals surface area contributed by atoms with E-state index in [0.717, 1.165) is 0 Å². The van der Waals surface area contributed by atoms with Crippen molar-refractivity contribution < 1.29 is 19.4 Å². The summed E-state index contributed by atoms with van der Waals surface area (Å²) in [5, 5.41) is 9.01. The molecule has 16 heavy (non-hydrogen) atoms. The molecule has 0 saturated heterocycles. The van der Waals surface area contributed by atoms with E-state index in [4.69, 9.17) is 9.84 Å². The number of halogens is 1. The van der Waals surface area contributed by atoms with E-state index in [1.807, 2.05) is 0 Å². The van der Waals surface area contributed by atoms with Gasteiger partial charge in [-0.25, -0.2) is 4.79 Å². The van der Waals surface area contributed by atoms with Crippen LogP contribution in [0.4, 0.5) is 0 Å². The maximum Gasteiger partial charge on any atom is 0.339 e. The van der Waals surface area contributed by atoms with E-state index in [0.29, 0.717) is 16.3 Å². The van der Waals surface area contributed by atoms with E-state index in [1.165, 1.54) is 12.1 Å². The maximum absolute atomic E-state index is 11.0. The number of carbonyl (C=O) groups is 2. The van der Waals surface area contributed by atoms with Crippen LogP contribution in [-0.4, -0.2) is 23.5 Å². The van der Waals surface area contributed by atoms with Crippen LogP contribution in [0.15, 0.2) is 16.6 Å². The normalized spacial score (nSPS) is 10.2. The Morgan fingerprint density at radius 1 is 1.50 bits per heavy atom. The summed E-state index contributed by atoms with van der Waals surface area (Å²) in [5.74, 6) is -0.881. The van der Waals surface area contributed by atoms with Crippen LogP contribution in [0.2, 0.25) is 0 Å². The van der Waals surface area contributed by atoms with Crippen LogP contribution in [0, 0.1) is 0 Å². The average molecular weight is 287 g/mol. The molecule has 0 aromatic heterocycles. The molecule has 1 aromatic carbocycles. The Balaban J connectivity index is 3.33. The summed E-state index contributed by atoms with van der Waals surface area (Å²) in [7, 11) is 0. The summed E-state index contributed by atoms with van der Waals surface area (Å²) < 4.78 is 5.85. The van der Waals surface area contributed by atoms with Gasteiger partial charge in [-0.05, 0) is 41.9 Å². The van der Waals surface area contributed by atoms with Gasteiger partial charge in [0.25, 0.3) is 0 Å². The Morgan fingerprint density at radius 2 is 2.12 bits per heavy atom. The number of ether oxygens (including phenoxy) is 1. The van der Waals surface area contributed by atoms with Crippen molar-refractivity contribution in [3.8, 4) is 5.75 Å². The van der Waals surface area contributed by atoms with Gasteiger partial charge in [-0.15, -0.1) is 0 Å². The fourth-order valence-electron chi connectivity index (χ4n) is 1.20. The minimum absolute atomic E-state index is 0.0230. The lowest BCUT2D eigenvalue weighted by Gasteiger charge is -2.14. The Hall–Kier alpha value is -1.36. The van der Waals surface area contributed by atoms with Crippen molar-refractivity contribution in [3.63, 3.8) is 0 Å². The Bertz CT molecular complexity index is 426. The number of carboxylic acids is 1. The first kappa shape index (κ1) is 12.7. The molecule has 0 fully saturated rings. The van der Waals surface area contributed by atoms with Gasteiger partial charge in [-0.3, -0.25) is 4.79 Å². The van der Waals surface area contributed by atoms with Crippen molar-refractivity contribution in [2.45, 2.75) is 20.0 Å². The first-order valence-electron chi connectivity index (χ1n) is 4.64. The van der Waals surface area contributed by atoms with Gasteiger partial charge in [0, 0.05) is 5.56 Å². The van der Waals surface area contributed by atoms with Crippen LogP contribution in [0.1, 0.15) is 34.6 Å². The standard InChI is InChI=1S/C11H11BrO4/c1-6(2)16-10-8(11(14)15)3-7(5-13)4-9(10)12/h3-6H,1-2H3,(H,14,15). The van der Waals surface area contributed by atoms with Crippen LogP contribution in [0.3, 0.4) is 0 Å². The summed E-state index contributed by atoms with van der Waals surface area (Å²) in [5.41, 5.74) is 0.269. The molecule has 0 saturated carbocycles. The number of benzene rings is 1. The molecule has 0 atom stereocenters. The monoisotopic (exact) mass is 286 g/mol. The van der Waals surface area contributed by atoms with Gasteiger partial charge in [0.2, 0.25) is 0 Å². The van der Waals surface area contributed by atoms with Crippen molar-refractivity contribution in [2.75, 3.05) is 0 Å². The number of rotatable bonds is 4. The van der Waals surface area contributed by atoms with Gasteiger partial charge in [-0.1, -0.05) is 0 Å². The van der Waals surface area contributed by atoms with Gasteiger partial charge < -0.3 is 9.84 Å². The third-order valence-corrected chi connectivity index (χ3v) is 2.38. The van der Waals surface area contributed by atoms with Crippen LogP contribution in [-0.2, 0) is 0 Å². The third kappa shape index (κ3) is 2.82. The molecule has 0 unspecified atom stereocenters. The quantitative estimate of drug-likeness (QED) is 0.865. The van der Waals surface area contributed by atoms with Crippen molar-refractivity contribution in [1.82, 2.24) is 0 Å². The van der Waals surface area contributed by atoms with E-state index >= 15 is 0 Å². The minimum atomic E-state index is -1.12. The van der Waals surface area contributed by atoms with E-state index < -0.39 is 5.97 Å². The van der Waals surface area contributed by atoms with Gasteiger partial charge in [-0.2, -0.15) is 0 Å². The van der Waals surface area contributed by atoms with Gasteiger partial charge >= 0.3 is 5.97 Å². The first-order chi connectivity index (χ1) is 7.45. The third-order valence-electron chi connectivity index (χ3n) is 1.79. The Kier molecular flexibility index (Phi) is 4.06. The molecule has 0 spiro atoms. The zero-order valence-corrected chi connectivity index (χ0v) is 10.4. The number of aromatic carboxylic acids is 1. The van der Waals surface area contributed by atoms with E-state index in [9.17, 15) is 9.59 Å². The molecule has 1 N–H and O–H groups in total. The lowest BCUT2D eigenvalue weighted by atomic mass is 10.1. The van der Waals surface area contributed by atoms with Crippen molar-refractivity contribution in [1.29, 1.82) is 0 Å². The molecule has 0 bridgehead atoms. The Morgan fingerprint density at radius 3 is 2.56 bits per heavy atom. The van der Waals surface area contributed by atoms with Gasteiger partial charge in [0.05, 0.1) is 10.6 Å². The van der Waals surface area contributed by atoms with Crippen LogP contribution in [0.25, 0.3) is 0 Å². The summed E-state index contributed by atoms with van der Waals surface area (Å²) in [6, 6.07) is 2.81. The minimum Gasteiger partial charge on any atom is -0.489 e. The van der Waals surface area contributed by atoms with Crippen molar-refractivity contribution >= 4 is 28.2 Å². The van der Waals surface area contributed by atoms with Gasteiger partial charge in [0.15, 0.2) is 0 Å². The smallest absolute Gasteiger partial charge is 0.339 e. The lowest BCUT2D eigenvalue weighted by molar-refractivity contribution is 0.0690. The van der Waals surface area contributed by atoms with Gasteiger partial charge in [0.1, 0.15) is 17.6 Å². The predicted octanol–water partition coefficient (Wildman–Crippen LogP) is 2.75. The SMILES string of the molecule is CC(C)Oc1c(Br)cc(C=O)cc1C(=O)O.